The van der Waals surface area contributed by atoms with Gasteiger partial charge in [0.1, 0.15) is 4.90 Å². The summed E-state index contributed by atoms with van der Waals surface area (Å²) in [5.74, 6) is 0. The van der Waals surface area contributed by atoms with Crippen molar-refractivity contribution >= 4 is 31.6 Å². The van der Waals surface area contributed by atoms with Crippen LogP contribution in [-0.4, -0.2) is 45.7 Å². The quantitative estimate of drug-likeness (QED) is 0.748. The number of anilines is 1. The van der Waals surface area contributed by atoms with Crippen molar-refractivity contribution in [3.63, 3.8) is 0 Å². The standard InChI is InChI=1S/C12H19BrN2O2S/c1-14(2)18(16,17)12-8-5-4-7-11(12)15(3)10-6-9-13/h4-5,7-8H,6,9-10H2,1-3H3. The Morgan fingerprint density at radius 3 is 2.33 bits per heavy atom. The van der Waals surface area contributed by atoms with Crippen molar-refractivity contribution in [2.24, 2.45) is 0 Å². The van der Waals surface area contributed by atoms with Gasteiger partial charge in [-0.1, -0.05) is 28.1 Å². The van der Waals surface area contributed by atoms with Gasteiger partial charge in [0, 0.05) is 33.0 Å². The van der Waals surface area contributed by atoms with Gasteiger partial charge in [0.15, 0.2) is 0 Å². The smallest absolute Gasteiger partial charge is 0.244 e. The van der Waals surface area contributed by atoms with E-state index in [4.69, 9.17) is 0 Å². The maximum atomic E-state index is 12.2. The first-order chi connectivity index (χ1) is 8.41. The first kappa shape index (κ1) is 15.5. The van der Waals surface area contributed by atoms with Gasteiger partial charge in [0.2, 0.25) is 10.0 Å². The van der Waals surface area contributed by atoms with Crippen LogP contribution in [0.5, 0.6) is 0 Å². The zero-order valence-electron chi connectivity index (χ0n) is 10.9. The van der Waals surface area contributed by atoms with Crippen LogP contribution < -0.4 is 4.90 Å². The molecule has 0 heterocycles. The van der Waals surface area contributed by atoms with Crippen LogP contribution >= 0.6 is 15.9 Å². The van der Waals surface area contributed by atoms with Crippen LogP contribution in [0, 0.1) is 0 Å². The number of hydrogen-bond acceptors (Lipinski definition) is 3. The molecular formula is C12H19BrN2O2S. The molecule has 0 saturated carbocycles. The third-order valence-electron chi connectivity index (χ3n) is 2.66. The highest BCUT2D eigenvalue weighted by Crippen LogP contribution is 2.26. The third-order valence-corrected chi connectivity index (χ3v) is 5.09. The Hall–Kier alpha value is -0.590. The molecule has 102 valence electrons. The van der Waals surface area contributed by atoms with Crippen molar-refractivity contribution in [1.29, 1.82) is 0 Å². The minimum Gasteiger partial charge on any atom is -0.373 e. The number of hydrogen-bond donors (Lipinski definition) is 0. The molecule has 0 bridgehead atoms. The molecular weight excluding hydrogens is 316 g/mol. The van der Waals surface area contributed by atoms with E-state index in [1.807, 2.05) is 24.1 Å². The van der Waals surface area contributed by atoms with Crippen LogP contribution in [0.15, 0.2) is 29.2 Å². The first-order valence-corrected chi connectivity index (χ1v) is 8.26. The van der Waals surface area contributed by atoms with E-state index in [1.165, 1.54) is 4.31 Å². The molecule has 0 saturated heterocycles. The molecule has 0 aromatic heterocycles. The van der Waals surface area contributed by atoms with Gasteiger partial charge in [0.25, 0.3) is 0 Å². The molecule has 0 aliphatic heterocycles. The van der Waals surface area contributed by atoms with E-state index in [-0.39, 0.29) is 0 Å². The normalized spacial score (nSPS) is 11.8. The van der Waals surface area contributed by atoms with Crippen LogP contribution in [0.3, 0.4) is 0 Å². The second-order valence-corrected chi connectivity index (χ2v) is 7.13. The second-order valence-electron chi connectivity index (χ2n) is 4.22. The van der Waals surface area contributed by atoms with Crippen molar-refractivity contribution in [2.45, 2.75) is 11.3 Å². The minimum atomic E-state index is -3.40. The maximum Gasteiger partial charge on any atom is 0.244 e. The second kappa shape index (κ2) is 6.54. The largest absolute Gasteiger partial charge is 0.373 e. The highest BCUT2D eigenvalue weighted by atomic mass is 79.9. The maximum absolute atomic E-state index is 12.2. The average Bonchev–Trinajstić information content (AvgIpc) is 2.35. The lowest BCUT2D eigenvalue weighted by molar-refractivity contribution is 0.520. The number of alkyl halides is 1. The van der Waals surface area contributed by atoms with E-state index in [0.717, 1.165) is 24.0 Å². The van der Waals surface area contributed by atoms with E-state index < -0.39 is 10.0 Å². The van der Waals surface area contributed by atoms with Crippen LogP contribution in [0.1, 0.15) is 6.42 Å². The Morgan fingerprint density at radius 2 is 1.78 bits per heavy atom. The lowest BCUT2D eigenvalue weighted by Crippen LogP contribution is -2.26. The molecule has 0 N–H and O–H groups in total. The number of sulfonamides is 1. The molecule has 18 heavy (non-hydrogen) atoms. The van der Waals surface area contributed by atoms with Crippen LogP contribution in [0.25, 0.3) is 0 Å². The predicted octanol–water partition coefficient (Wildman–Crippen LogP) is 2.16. The molecule has 1 aromatic rings. The van der Waals surface area contributed by atoms with E-state index >= 15 is 0 Å². The molecule has 1 rings (SSSR count). The molecule has 0 radical (unpaired) electrons. The van der Waals surface area contributed by atoms with Gasteiger partial charge in [-0.05, 0) is 18.6 Å². The van der Waals surface area contributed by atoms with Gasteiger partial charge in [-0.2, -0.15) is 0 Å². The average molecular weight is 335 g/mol. The summed E-state index contributed by atoms with van der Waals surface area (Å²) in [5, 5.41) is 0.903. The minimum absolute atomic E-state index is 0.354. The lowest BCUT2D eigenvalue weighted by Gasteiger charge is -2.23. The summed E-state index contributed by atoms with van der Waals surface area (Å²) in [6, 6.07) is 7.09. The summed E-state index contributed by atoms with van der Waals surface area (Å²) >= 11 is 3.38. The zero-order chi connectivity index (χ0) is 13.8. The molecule has 0 spiro atoms. The van der Waals surface area contributed by atoms with E-state index in [2.05, 4.69) is 15.9 Å². The highest BCUT2D eigenvalue weighted by molar-refractivity contribution is 9.09. The molecule has 0 aliphatic rings. The van der Waals surface area contributed by atoms with Crippen molar-refractivity contribution < 1.29 is 8.42 Å². The Labute approximate surface area is 118 Å². The van der Waals surface area contributed by atoms with Crippen molar-refractivity contribution in [1.82, 2.24) is 4.31 Å². The van der Waals surface area contributed by atoms with Crippen LogP contribution in [0.4, 0.5) is 5.69 Å². The van der Waals surface area contributed by atoms with Crippen LogP contribution in [0.2, 0.25) is 0 Å². The molecule has 0 fully saturated rings. The Bertz CT molecular complexity index is 489. The summed E-state index contributed by atoms with van der Waals surface area (Å²) in [6.45, 7) is 0.811. The summed E-state index contributed by atoms with van der Waals surface area (Å²) in [5.41, 5.74) is 0.743. The van der Waals surface area contributed by atoms with Gasteiger partial charge >= 0.3 is 0 Å². The predicted molar refractivity (Wildman–Crippen MR) is 79.0 cm³/mol. The van der Waals surface area contributed by atoms with E-state index in [0.29, 0.717) is 4.90 Å². The summed E-state index contributed by atoms with van der Waals surface area (Å²) in [6.07, 6.45) is 0.965. The topological polar surface area (TPSA) is 40.6 Å². The number of benzene rings is 1. The van der Waals surface area contributed by atoms with E-state index in [1.54, 1.807) is 26.2 Å². The molecule has 0 aliphatic carbocycles. The van der Waals surface area contributed by atoms with Crippen molar-refractivity contribution in [3.8, 4) is 0 Å². The number of halogens is 1. The fraction of sp³-hybridized carbons (Fsp3) is 0.500. The Morgan fingerprint density at radius 1 is 1.17 bits per heavy atom. The molecule has 6 heteroatoms. The molecule has 0 atom stereocenters. The zero-order valence-corrected chi connectivity index (χ0v) is 13.3. The number of rotatable bonds is 6. The van der Waals surface area contributed by atoms with Gasteiger partial charge in [-0.15, -0.1) is 0 Å². The molecule has 1 aromatic carbocycles. The Kier molecular flexibility index (Phi) is 5.62. The number of para-hydroxylation sites is 1. The van der Waals surface area contributed by atoms with Gasteiger partial charge in [0.05, 0.1) is 5.69 Å². The summed E-state index contributed by atoms with van der Waals surface area (Å²) in [4.78, 5) is 2.32. The molecule has 4 nitrogen and oxygen atoms in total. The lowest BCUT2D eigenvalue weighted by atomic mass is 10.3. The first-order valence-electron chi connectivity index (χ1n) is 5.70. The van der Waals surface area contributed by atoms with Crippen molar-refractivity contribution in [2.75, 3.05) is 37.9 Å². The van der Waals surface area contributed by atoms with Crippen LogP contribution in [-0.2, 0) is 10.0 Å². The summed E-state index contributed by atoms with van der Waals surface area (Å²) in [7, 11) is 1.60. The van der Waals surface area contributed by atoms with Crippen molar-refractivity contribution in [3.05, 3.63) is 24.3 Å². The van der Waals surface area contributed by atoms with Gasteiger partial charge in [-0.3, -0.25) is 0 Å². The highest BCUT2D eigenvalue weighted by Gasteiger charge is 2.22. The Balaban J connectivity index is 3.15. The SMILES string of the molecule is CN(CCCBr)c1ccccc1S(=O)(=O)N(C)C. The molecule has 0 unspecified atom stereocenters. The molecule has 0 amide bonds. The van der Waals surface area contributed by atoms with Gasteiger partial charge < -0.3 is 4.90 Å². The monoisotopic (exact) mass is 334 g/mol. The summed E-state index contributed by atoms with van der Waals surface area (Å²) < 4.78 is 25.7. The fourth-order valence-electron chi connectivity index (χ4n) is 1.60. The fourth-order valence-corrected chi connectivity index (χ4v) is 2.99. The van der Waals surface area contributed by atoms with E-state index in [9.17, 15) is 8.42 Å². The van der Waals surface area contributed by atoms with Gasteiger partial charge in [-0.25, -0.2) is 12.7 Å². The number of nitrogens with zero attached hydrogens (tertiary/aromatic N) is 2. The third kappa shape index (κ3) is 3.46.